The Bertz CT molecular complexity index is 507. The van der Waals surface area contributed by atoms with E-state index < -0.39 is 6.04 Å². The third kappa shape index (κ3) is 4.56. The van der Waals surface area contributed by atoms with Crippen molar-refractivity contribution in [1.29, 1.82) is 0 Å². The van der Waals surface area contributed by atoms with Gasteiger partial charge in [-0.25, -0.2) is 0 Å². The second-order valence-corrected chi connectivity index (χ2v) is 5.95. The normalized spacial score (nSPS) is 15.6. The van der Waals surface area contributed by atoms with Crippen LogP contribution >= 0.6 is 0 Å². The minimum atomic E-state index is -0.484. The first-order chi connectivity index (χ1) is 9.97. The highest BCUT2D eigenvalue weighted by Gasteiger charge is 2.29. The molecule has 2 rings (SSSR count). The van der Waals surface area contributed by atoms with Crippen molar-refractivity contribution in [2.75, 3.05) is 5.32 Å². The summed E-state index contributed by atoms with van der Waals surface area (Å²) in [4.78, 5) is 23.4. The first kappa shape index (κ1) is 15.5. The molecule has 5 heteroatoms. The molecular weight excluding hydrogens is 266 g/mol. The first-order valence-electron chi connectivity index (χ1n) is 7.40. The summed E-state index contributed by atoms with van der Waals surface area (Å²) in [7, 11) is 0. The van der Waals surface area contributed by atoms with Gasteiger partial charge in [-0.1, -0.05) is 26.0 Å². The summed E-state index contributed by atoms with van der Waals surface area (Å²) < 4.78 is 0. The zero-order valence-corrected chi connectivity index (χ0v) is 12.6. The maximum atomic E-state index is 11.8. The van der Waals surface area contributed by atoms with Gasteiger partial charge in [-0.2, -0.15) is 0 Å². The smallest absolute Gasteiger partial charge is 0.237 e. The Morgan fingerprint density at radius 1 is 1.24 bits per heavy atom. The summed E-state index contributed by atoms with van der Waals surface area (Å²) in [6.07, 6.45) is 1.98. The molecule has 0 bridgehead atoms. The highest BCUT2D eigenvalue weighted by molar-refractivity contribution is 5.94. The van der Waals surface area contributed by atoms with Crippen LogP contribution in [-0.4, -0.2) is 17.9 Å². The van der Waals surface area contributed by atoms with Crippen LogP contribution in [-0.2, 0) is 16.1 Å². The second kappa shape index (κ2) is 6.72. The molecule has 1 fully saturated rings. The fourth-order valence-electron chi connectivity index (χ4n) is 1.91. The molecule has 0 heterocycles. The van der Waals surface area contributed by atoms with Crippen molar-refractivity contribution in [2.24, 2.45) is 17.6 Å². The molecule has 114 valence electrons. The van der Waals surface area contributed by atoms with Gasteiger partial charge in [0.1, 0.15) is 0 Å². The molecule has 4 N–H and O–H groups in total. The van der Waals surface area contributed by atoms with E-state index in [4.69, 9.17) is 5.73 Å². The molecule has 5 nitrogen and oxygen atoms in total. The zero-order valence-electron chi connectivity index (χ0n) is 12.6. The van der Waals surface area contributed by atoms with E-state index in [2.05, 4.69) is 10.6 Å². The van der Waals surface area contributed by atoms with Crippen LogP contribution in [0, 0.1) is 11.8 Å². The van der Waals surface area contributed by atoms with Gasteiger partial charge in [0.25, 0.3) is 0 Å². The maximum absolute atomic E-state index is 11.8. The Morgan fingerprint density at radius 2 is 1.86 bits per heavy atom. The summed E-state index contributed by atoms with van der Waals surface area (Å²) >= 11 is 0. The minimum Gasteiger partial charge on any atom is -0.351 e. The Kier molecular flexibility index (Phi) is 4.96. The van der Waals surface area contributed by atoms with Crippen LogP contribution < -0.4 is 16.4 Å². The molecule has 2 amide bonds. The standard InChI is InChI=1S/C16H23N3O2/c1-10(2)14(17)16(21)18-9-11-3-7-13(8-4-11)19-15(20)12-5-6-12/h3-4,7-8,10,12,14H,5-6,9,17H2,1-2H3,(H,18,21)(H,19,20). The highest BCUT2D eigenvalue weighted by Crippen LogP contribution is 2.30. The van der Waals surface area contributed by atoms with E-state index in [9.17, 15) is 9.59 Å². The summed E-state index contributed by atoms with van der Waals surface area (Å²) in [6, 6.07) is 7.00. The number of carbonyl (C=O) groups is 2. The third-order valence-electron chi connectivity index (χ3n) is 3.66. The Morgan fingerprint density at radius 3 is 2.38 bits per heavy atom. The van der Waals surface area contributed by atoms with E-state index in [0.717, 1.165) is 24.1 Å². The Labute approximate surface area is 125 Å². The van der Waals surface area contributed by atoms with E-state index in [1.165, 1.54) is 0 Å². The molecule has 0 saturated heterocycles. The summed E-state index contributed by atoms with van der Waals surface area (Å²) in [5.41, 5.74) is 7.55. The lowest BCUT2D eigenvalue weighted by atomic mass is 10.0. The summed E-state index contributed by atoms with van der Waals surface area (Å²) in [5.74, 6) is 0.265. The van der Waals surface area contributed by atoms with Gasteiger partial charge in [0.2, 0.25) is 11.8 Å². The van der Waals surface area contributed by atoms with Gasteiger partial charge in [-0.15, -0.1) is 0 Å². The zero-order chi connectivity index (χ0) is 15.4. The number of nitrogens with two attached hydrogens (primary N) is 1. The first-order valence-corrected chi connectivity index (χ1v) is 7.40. The molecule has 1 aliphatic carbocycles. The Balaban J connectivity index is 1.81. The molecule has 1 unspecified atom stereocenters. The average Bonchev–Trinajstić information content (AvgIpc) is 3.29. The summed E-state index contributed by atoms with van der Waals surface area (Å²) in [6.45, 7) is 4.28. The number of benzene rings is 1. The van der Waals surface area contributed by atoms with Crippen molar-refractivity contribution in [3.05, 3.63) is 29.8 Å². The molecule has 1 saturated carbocycles. The van der Waals surface area contributed by atoms with Crippen LogP contribution in [0.5, 0.6) is 0 Å². The lowest BCUT2D eigenvalue weighted by Crippen LogP contribution is -2.43. The SMILES string of the molecule is CC(C)C(N)C(=O)NCc1ccc(NC(=O)C2CC2)cc1. The summed E-state index contributed by atoms with van der Waals surface area (Å²) in [5, 5.41) is 5.70. The number of anilines is 1. The average molecular weight is 289 g/mol. The van der Waals surface area contributed by atoms with Crippen LogP contribution in [0.15, 0.2) is 24.3 Å². The maximum Gasteiger partial charge on any atom is 0.237 e. The number of carbonyl (C=O) groups excluding carboxylic acids is 2. The van der Waals surface area contributed by atoms with Crippen LogP contribution in [0.4, 0.5) is 5.69 Å². The van der Waals surface area contributed by atoms with Gasteiger partial charge in [-0.3, -0.25) is 9.59 Å². The highest BCUT2D eigenvalue weighted by atomic mass is 16.2. The molecule has 1 aliphatic rings. The molecule has 1 atom stereocenters. The molecule has 0 aliphatic heterocycles. The van der Waals surface area contributed by atoms with Crippen LogP contribution in [0.25, 0.3) is 0 Å². The van der Waals surface area contributed by atoms with E-state index in [1.807, 2.05) is 38.1 Å². The Hall–Kier alpha value is -1.88. The predicted octanol–water partition coefficient (Wildman–Crippen LogP) is 1.63. The van der Waals surface area contributed by atoms with E-state index in [-0.39, 0.29) is 23.7 Å². The number of hydrogen-bond donors (Lipinski definition) is 3. The lowest BCUT2D eigenvalue weighted by Gasteiger charge is -2.15. The predicted molar refractivity (Wildman–Crippen MR) is 82.5 cm³/mol. The molecule has 1 aromatic rings. The molecule has 0 radical (unpaired) electrons. The van der Waals surface area contributed by atoms with E-state index >= 15 is 0 Å². The molecule has 0 spiro atoms. The fourth-order valence-corrected chi connectivity index (χ4v) is 1.91. The van der Waals surface area contributed by atoms with Crippen LogP contribution in [0.3, 0.4) is 0 Å². The van der Waals surface area contributed by atoms with Crippen LogP contribution in [0.1, 0.15) is 32.3 Å². The van der Waals surface area contributed by atoms with Gasteiger partial charge in [-0.05, 0) is 36.5 Å². The van der Waals surface area contributed by atoms with E-state index in [1.54, 1.807) is 0 Å². The topological polar surface area (TPSA) is 84.2 Å². The number of hydrogen-bond acceptors (Lipinski definition) is 3. The monoisotopic (exact) mass is 289 g/mol. The van der Waals surface area contributed by atoms with Crippen molar-refractivity contribution in [2.45, 2.75) is 39.3 Å². The van der Waals surface area contributed by atoms with Gasteiger partial charge in [0, 0.05) is 18.2 Å². The van der Waals surface area contributed by atoms with Crippen molar-refractivity contribution in [3.63, 3.8) is 0 Å². The van der Waals surface area contributed by atoms with E-state index in [0.29, 0.717) is 6.54 Å². The van der Waals surface area contributed by atoms with Crippen LogP contribution in [0.2, 0.25) is 0 Å². The number of rotatable bonds is 6. The largest absolute Gasteiger partial charge is 0.351 e. The van der Waals surface area contributed by atoms with Gasteiger partial charge in [0.15, 0.2) is 0 Å². The van der Waals surface area contributed by atoms with Gasteiger partial charge in [0.05, 0.1) is 6.04 Å². The number of amides is 2. The van der Waals surface area contributed by atoms with Crippen molar-refractivity contribution in [3.8, 4) is 0 Å². The van der Waals surface area contributed by atoms with Gasteiger partial charge < -0.3 is 16.4 Å². The quantitative estimate of drug-likeness (QED) is 0.744. The molecule has 1 aromatic carbocycles. The molecule has 0 aromatic heterocycles. The van der Waals surface area contributed by atoms with Crippen molar-refractivity contribution >= 4 is 17.5 Å². The molecular formula is C16H23N3O2. The second-order valence-electron chi connectivity index (χ2n) is 5.95. The minimum absolute atomic E-state index is 0.0963. The fraction of sp³-hybridized carbons (Fsp3) is 0.500. The molecule has 21 heavy (non-hydrogen) atoms. The third-order valence-corrected chi connectivity index (χ3v) is 3.66. The van der Waals surface area contributed by atoms with Crippen molar-refractivity contribution < 1.29 is 9.59 Å². The van der Waals surface area contributed by atoms with Crippen molar-refractivity contribution in [1.82, 2.24) is 5.32 Å². The van der Waals surface area contributed by atoms with Gasteiger partial charge >= 0.3 is 0 Å². The number of nitrogens with one attached hydrogen (secondary N) is 2. The lowest BCUT2D eigenvalue weighted by molar-refractivity contribution is -0.123.